The average molecular weight is 818 g/mol. The lowest BCUT2D eigenvalue weighted by molar-refractivity contribution is 1.07. The molecule has 0 aliphatic carbocycles. The van der Waals surface area contributed by atoms with Crippen LogP contribution in [0.1, 0.15) is 0 Å². The Labute approximate surface area is 368 Å². The molecule has 0 bridgehead atoms. The summed E-state index contributed by atoms with van der Waals surface area (Å²) in [6.07, 6.45) is 11.3. The zero-order valence-electron chi connectivity index (χ0n) is 34.3. The van der Waals surface area contributed by atoms with Crippen LogP contribution in [0.5, 0.6) is 0 Å². The summed E-state index contributed by atoms with van der Waals surface area (Å²) in [6, 6.07) is 61.3. The molecule has 0 fully saturated rings. The molecule has 298 valence electrons. The second-order valence-corrected chi connectivity index (χ2v) is 16.0. The largest absolute Gasteiger partial charge is 0.264 e. The monoisotopic (exact) mass is 817 g/mol. The van der Waals surface area contributed by atoms with Gasteiger partial charge in [-0.25, -0.2) is 15.0 Å². The summed E-state index contributed by atoms with van der Waals surface area (Å²) in [6.45, 7) is 0. The van der Waals surface area contributed by atoms with E-state index >= 15 is 0 Å². The van der Waals surface area contributed by atoms with Gasteiger partial charge in [-0.3, -0.25) is 19.9 Å². The molecule has 12 rings (SSSR count). The van der Waals surface area contributed by atoms with Gasteiger partial charge in [0.1, 0.15) is 0 Å². The van der Waals surface area contributed by atoms with Gasteiger partial charge in [-0.2, -0.15) is 0 Å². The molecule has 0 atom stereocenters. The van der Waals surface area contributed by atoms with Crippen LogP contribution in [0.15, 0.2) is 213 Å². The van der Waals surface area contributed by atoms with Gasteiger partial charge < -0.3 is 0 Å². The van der Waals surface area contributed by atoms with Crippen molar-refractivity contribution in [3.05, 3.63) is 213 Å². The second-order valence-electron chi connectivity index (χ2n) is 16.0. The molecule has 12 aromatic rings. The maximum Gasteiger partial charge on any atom is 0.164 e. The van der Waals surface area contributed by atoms with Gasteiger partial charge in [0.15, 0.2) is 17.5 Å². The maximum absolute atomic E-state index is 5.25. The van der Waals surface area contributed by atoms with Gasteiger partial charge in [-0.1, -0.05) is 109 Å². The third-order valence-electron chi connectivity index (χ3n) is 11.9. The normalized spacial score (nSPS) is 11.4. The van der Waals surface area contributed by atoms with Crippen molar-refractivity contribution >= 4 is 43.1 Å². The summed E-state index contributed by atoms with van der Waals surface area (Å²) in [5.41, 5.74) is 10.6. The summed E-state index contributed by atoms with van der Waals surface area (Å²) in [5.74, 6) is 1.69. The highest BCUT2D eigenvalue weighted by Gasteiger charge is 2.17. The number of benzene rings is 7. The van der Waals surface area contributed by atoms with Crippen LogP contribution in [0, 0.1) is 0 Å². The van der Waals surface area contributed by atoms with Gasteiger partial charge in [0.05, 0.1) is 11.4 Å². The van der Waals surface area contributed by atoms with E-state index in [4.69, 9.17) is 24.9 Å². The Morgan fingerprint density at radius 3 is 1.16 bits per heavy atom. The Hall–Kier alpha value is -8.81. The average Bonchev–Trinajstić information content (AvgIpc) is 3.38. The highest BCUT2D eigenvalue weighted by molar-refractivity contribution is 5.90. The molecule has 0 N–H and O–H groups in total. The van der Waals surface area contributed by atoms with Crippen molar-refractivity contribution in [1.82, 2.24) is 34.9 Å². The smallest absolute Gasteiger partial charge is 0.164 e. The Kier molecular flexibility index (Phi) is 9.01. The molecule has 7 nitrogen and oxygen atoms in total. The van der Waals surface area contributed by atoms with Gasteiger partial charge in [-0.15, -0.1) is 0 Å². The molecule has 0 spiro atoms. The second kappa shape index (κ2) is 15.6. The highest BCUT2D eigenvalue weighted by Crippen LogP contribution is 2.37. The molecule has 0 unspecified atom stereocenters. The molecule has 0 amide bonds. The van der Waals surface area contributed by atoms with Gasteiger partial charge in [-0.05, 0) is 111 Å². The van der Waals surface area contributed by atoms with E-state index in [0.717, 1.165) is 105 Å². The minimum Gasteiger partial charge on any atom is -0.264 e. The minimum atomic E-state index is 0.556. The van der Waals surface area contributed by atoms with Crippen molar-refractivity contribution in [3.8, 4) is 78.9 Å². The Morgan fingerprint density at radius 1 is 0.234 bits per heavy atom. The van der Waals surface area contributed by atoms with Crippen LogP contribution >= 0.6 is 0 Å². The molecule has 0 saturated heterocycles. The van der Waals surface area contributed by atoms with E-state index in [9.17, 15) is 0 Å². The number of hydrogen-bond donors (Lipinski definition) is 0. The number of rotatable bonds is 7. The van der Waals surface area contributed by atoms with E-state index in [2.05, 4.69) is 162 Å². The SMILES string of the molecule is c1cc(-c2cc(-c3cccc(-c4cc5ccccc5cn4)c3)cc(-c3nc(-c4ccc5ccncc5c4)nc(-c4ccc5ccncc5c4)n3)c2)cc(-c2cc3ccccc3cn2)c1. The molecule has 7 aromatic carbocycles. The molecule has 7 heteroatoms. The van der Waals surface area contributed by atoms with E-state index in [1.807, 2.05) is 61.4 Å². The number of aromatic nitrogens is 7. The molecule has 0 radical (unpaired) electrons. The highest BCUT2D eigenvalue weighted by atomic mass is 15.0. The third-order valence-corrected chi connectivity index (χ3v) is 11.9. The first kappa shape index (κ1) is 37.0. The first-order chi connectivity index (χ1) is 31.6. The van der Waals surface area contributed by atoms with E-state index in [1.165, 1.54) is 0 Å². The zero-order chi connectivity index (χ0) is 42.4. The molecule has 0 aliphatic heterocycles. The lowest BCUT2D eigenvalue weighted by Crippen LogP contribution is -2.01. The lowest BCUT2D eigenvalue weighted by atomic mass is 9.93. The van der Waals surface area contributed by atoms with Crippen LogP contribution in [-0.4, -0.2) is 34.9 Å². The zero-order valence-corrected chi connectivity index (χ0v) is 34.3. The minimum absolute atomic E-state index is 0.556. The summed E-state index contributed by atoms with van der Waals surface area (Å²) in [7, 11) is 0. The third kappa shape index (κ3) is 7.07. The fourth-order valence-electron chi connectivity index (χ4n) is 8.50. The Morgan fingerprint density at radius 2 is 0.656 bits per heavy atom. The first-order valence-corrected chi connectivity index (χ1v) is 21.1. The van der Waals surface area contributed by atoms with Crippen LogP contribution in [0.3, 0.4) is 0 Å². The van der Waals surface area contributed by atoms with E-state index in [-0.39, 0.29) is 0 Å². The van der Waals surface area contributed by atoms with Crippen LogP contribution in [0.25, 0.3) is 122 Å². The van der Waals surface area contributed by atoms with Gasteiger partial charge in [0, 0.05) is 86.5 Å². The number of hydrogen-bond acceptors (Lipinski definition) is 7. The van der Waals surface area contributed by atoms with E-state index < -0.39 is 0 Å². The standard InChI is InChI=1S/C57H35N7/c1-3-9-46-34-60-53(30-40(46)7-1)42-13-5-11-38(23-42)48-27-49(39-12-6-14-43(24-39)54-31-41-8-2-4-10-47(41)35-61-54)29-50(28-48)57-63-55(44-17-15-36-19-21-58-32-51(36)25-44)62-56(64-57)45-18-16-37-20-22-59-33-52(37)26-45/h1-35H. The predicted octanol–water partition coefficient (Wildman–Crippen LogP) is 13.7. The van der Waals surface area contributed by atoms with Crippen molar-refractivity contribution < 1.29 is 0 Å². The molecule has 5 aromatic heterocycles. The van der Waals surface area contributed by atoms with Crippen molar-refractivity contribution in [2.45, 2.75) is 0 Å². The number of pyridine rings is 4. The number of fused-ring (bicyclic) bond motifs is 4. The van der Waals surface area contributed by atoms with Crippen molar-refractivity contribution in [3.63, 3.8) is 0 Å². The Balaban J connectivity index is 1.05. The molecule has 0 aliphatic rings. The van der Waals surface area contributed by atoms with E-state index in [0.29, 0.717) is 17.5 Å². The number of nitrogens with zero attached hydrogens (tertiary/aromatic N) is 7. The van der Waals surface area contributed by atoms with E-state index in [1.54, 1.807) is 0 Å². The van der Waals surface area contributed by atoms with Crippen LogP contribution in [-0.2, 0) is 0 Å². The molecule has 64 heavy (non-hydrogen) atoms. The van der Waals surface area contributed by atoms with Gasteiger partial charge in [0.2, 0.25) is 0 Å². The lowest BCUT2D eigenvalue weighted by Gasteiger charge is -2.14. The van der Waals surface area contributed by atoms with Crippen LogP contribution in [0.4, 0.5) is 0 Å². The van der Waals surface area contributed by atoms with Gasteiger partial charge in [0.25, 0.3) is 0 Å². The van der Waals surface area contributed by atoms with Gasteiger partial charge >= 0.3 is 0 Å². The fourth-order valence-corrected chi connectivity index (χ4v) is 8.50. The molecule has 0 saturated carbocycles. The van der Waals surface area contributed by atoms with Crippen LogP contribution in [0.2, 0.25) is 0 Å². The quantitative estimate of drug-likeness (QED) is 0.158. The van der Waals surface area contributed by atoms with Crippen LogP contribution < -0.4 is 0 Å². The van der Waals surface area contributed by atoms with Crippen molar-refractivity contribution in [2.75, 3.05) is 0 Å². The summed E-state index contributed by atoms with van der Waals surface area (Å²) >= 11 is 0. The summed E-state index contributed by atoms with van der Waals surface area (Å²) < 4.78 is 0. The van der Waals surface area contributed by atoms with Crippen molar-refractivity contribution in [1.29, 1.82) is 0 Å². The Bertz CT molecular complexity index is 3530. The summed E-state index contributed by atoms with van der Waals surface area (Å²) in [4.78, 5) is 34.2. The first-order valence-electron chi connectivity index (χ1n) is 21.1. The topological polar surface area (TPSA) is 90.2 Å². The predicted molar refractivity (Wildman–Crippen MR) is 259 cm³/mol. The molecular weight excluding hydrogens is 783 g/mol. The molecular formula is C57H35N7. The fraction of sp³-hybridized carbons (Fsp3) is 0. The summed E-state index contributed by atoms with van der Waals surface area (Å²) in [5, 5.41) is 8.71. The molecule has 5 heterocycles. The van der Waals surface area contributed by atoms with Crippen molar-refractivity contribution in [2.24, 2.45) is 0 Å². The maximum atomic E-state index is 5.25.